The summed E-state index contributed by atoms with van der Waals surface area (Å²) >= 11 is 1.41. The monoisotopic (exact) mass is 425 g/mol. The lowest BCUT2D eigenvalue weighted by Crippen LogP contribution is -2.41. The summed E-state index contributed by atoms with van der Waals surface area (Å²) < 4.78 is 6.10. The summed E-state index contributed by atoms with van der Waals surface area (Å²) in [5.74, 6) is -0.465. The Balaban J connectivity index is 1.79. The molecular formula is C22H23N3O4S. The number of hydrogen-bond acceptors (Lipinski definition) is 6. The Morgan fingerprint density at radius 1 is 1.27 bits per heavy atom. The van der Waals surface area contributed by atoms with Crippen LogP contribution in [0.3, 0.4) is 0 Å². The number of ether oxygens (including phenoxy) is 1. The number of esters is 1. The van der Waals surface area contributed by atoms with Crippen molar-refractivity contribution in [2.45, 2.75) is 46.2 Å². The fourth-order valence-corrected chi connectivity index (χ4v) is 5.06. The van der Waals surface area contributed by atoms with Gasteiger partial charge in [0.1, 0.15) is 23.6 Å². The summed E-state index contributed by atoms with van der Waals surface area (Å²) in [5, 5.41) is 0.508. The lowest BCUT2D eigenvalue weighted by Gasteiger charge is -2.23. The third kappa shape index (κ3) is 3.31. The highest BCUT2D eigenvalue weighted by molar-refractivity contribution is 7.18. The quantitative estimate of drug-likeness (QED) is 0.601. The smallest absolute Gasteiger partial charge is 0.313 e. The maximum atomic E-state index is 13.3. The molecule has 0 saturated carbocycles. The van der Waals surface area contributed by atoms with Crippen molar-refractivity contribution in [2.75, 3.05) is 12.0 Å². The van der Waals surface area contributed by atoms with E-state index in [0.29, 0.717) is 10.2 Å². The molecule has 0 bridgehead atoms. The van der Waals surface area contributed by atoms with E-state index in [2.05, 4.69) is 4.98 Å². The number of para-hydroxylation sites is 1. The molecule has 0 N–H and O–H groups in total. The molecule has 1 aliphatic heterocycles. The van der Waals surface area contributed by atoms with Crippen LogP contribution in [0.15, 0.2) is 29.1 Å². The normalized spacial score (nSPS) is 15.5. The minimum atomic E-state index is -0.507. The first-order valence-electron chi connectivity index (χ1n) is 9.78. The Hall–Kier alpha value is -3.00. The van der Waals surface area contributed by atoms with E-state index in [9.17, 15) is 14.4 Å². The third-order valence-corrected chi connectivity index (χ3v) is 6.77. The molecule has 0 fully saturated rings. The maximum Gasteiger partial charge on any atom is 0.313 e. The molecule has 1 atom stereocenters. The summed E-state index contributed by atoms with van der Waals surface area (Å²) in [6.07, 6.45) is 0.600. The van der Waals surface area contributed by atoms with Crippen LogP contribution in [0, 0.1) is 13.8 Å². The lowest BCUT2D eigenvalue weighted by molar-refractivity contribution is -0.140. The fourth-order valence-electron chi connectivity index (χ4n) is 4.03. The molecule has 0 saturated heterocycles. The topological polar surface area (TPSA) is 81.5 Å². The minimum Gasteiger partial charge on any atom is -0.469 e. The van der Waals surface area contributed by atoms with E-state index in [1.54, 1.807) is 4.90 Å². The molecule has 30 heavy (non-hydrogen) atoms. The minimum absolute atomic E-state index is 0.00326. The van der Waals surface area contributed by atoms with Crippen LogP contribution >= 0.6 is 11.3 Å². The summed E-state index contributed by atoms with van der Waals surface area (Å²) in [5.41, 5.74) is 2.54. The van der Waals surface area contributed by atoms with Crippen LogP contribution < -0.4 is 10.5 Å². The van der Waals surface area contributed by atoms with E-state index >= 15 is 0 Å². The standard InChI is InChI=1S/C22H23N3O4S/c1-12-9-15-7-5-6-8-16(15)25(12)18(26)11-24-17(10-19(27)29-4)23-21-20(22(24)28)13(2)14(3)30-21/h5-8,12H,9-11H2,1-4H3. The number of carbonyl (C=O) groups excluding carboxylic acids is 2. The number of nitrogens with zero attached hydrogens (tertiary/aromatic N) is 3. The summed E-state index contributed by atoms with van der Waals surface area (Å²) in [7, 11) is 1.29. The second-order valence-corrected chi connectivity index (χ2v) is 8.78. The molecule has 0 aliphatic carbocycles. The van der Waals surface area contributed by atoms with E-state index in [4.69, 9.17) is 4.74 Å². The van der Waals surface area contributed by atoms with Crippen LogP contribution in [-0.4, -0.2) is 34.6 Å². The first kappa shape index (κ1) is 20.3. The number of carbonyl (C=O) groups is 2. The van der Waals surface area contributed by atoms with Crippen molar-refractivity contribution in [1.29, 1.82) is 0 Å². The van der Waals surface area contributed by atoms with Gasteiger partial charge in [0.2, 0.25) is 5.91 Å². The number of hydrogen-bond donors (Lipinski definition) is 0. The van der Waals surface area contributed by atoms with Crippen LogP contribution in [0.4, 0.5) is 5.69 Å². The Kier molecular flexibility index (Phi) is 5.19. The van der Waals surface area contributed by atoms with Gasteiger partial charge < -0.3 is 9.64 Å². The molecule has 3 aromatic rings. The van der Waals surface area contributed by atoms with E-state index < -0.39 is 5.97 Å². The van der Waals surface area contributed by atoms with Crippen molar-refractivity contribution in [3.05, 3.63) is 56.4 Å². The van der Waals surface area contributed by atoms with Gasteiger partial charge in [-0.05, 0) is 44.4 Å². The van der Waals surface area contributed by atoms with Crippen molar-refractivity contribution in [1.82, 2.24) is 9.55 Å². The average Bonchev–Trinajstić information content (AvgIpc) is 3.19. The second kappa shape index (κ2) is 7.68. The van der Waals surface area contributed by atoms with Gasteiger partial charge in [-0.1, -0.05) is 18.2 Å². The number of aryl methyl sites for hydroxylation is 2. The van der Waals surface area contributed by atoms with Gasteiger partial charge in [0.25, 0.3) is 5.56 Å². The van der Waals surface area contributed by atoms with E-state index in [-0.39, 0.29) is 36.3 Å². The van der Waals surface area contributed by atoms with Crippen molar-refractivity contribution in [3.63, 3.8) is 0 Å². The number of fused-ring (bicyclic) bond motifs is 2. The molecule has 4 rings (SSSR count). The number of rotatable bonds is 4. The Morgan fingerprint density at radius 2 is 2.00 bits per heavy atom. The Morgan fingerprint density at radius 3 is 2.73 bits per heavy atom. The molecule has 1 aliphatic rings. The highest BCUT2D eigenvalue weighted by Gasteiger charge is 2.31. The second-order valence-electron chi connectivity index (χ2n) is 7.58. The SMILES string of the molecule is COC(=O)Cc1nc2sc(C)c(C)c2c(=O)n1CC(=O)N1c2ccccc2CC1C. The number of benzene rings is 1. The number of anilines is 1. The molecule has 3 heterocycles. The highest BCUT2D eigenvalue weighted by atomic mass is 32.1. The number of thiophene rings is 1. The van der Waals surface area contributed by atoms with E-state index in [1.165, 1.54) is 23.0 Å². The Bertz CT molecular complexity index is 1230. The molecule has 1 unspecified atom stereocenters. The fraction of sp³-hybridized carbons (Fsp3) is 0.364. The summed E-state index contributed by atoms with van der Waals surface area (Å²) in [6, 6.07) is 7.79. The average molecular weight is 426 g/mol. The predicted octanol–water partition coefficient (Wildman–Crippen LogP) is 2.77. The Labute approximate surface area is 177 Å². The lowest BCUT2D eigenvalue weighted by atomic mass is 10.1. The van der Waals surface area contributed by atoms with Crippen LogP contribution in [0.2, 0.25) is 0 Å². The van der Waals surface area contributed by atoms with Crippen molar-refractivity contribution in [2.24, 2.45) is 0 Å². The van der Waals surface area contributed by atoms with E-state index in [0.717, 1.165) is 28.1 Å². The zero-order chi connectivity index (χ0) is 21.6. The van der Waals surface area contributed by atoms with E-state index in [1.807, 2.05) is 45.0 Å². The molecule has 8 heteroatoms. The van der Waals surface area contributed by atoms with Gasteiger partial charge in [0, 0.05) is 16.6 Å². The number of amides is 1. The van der Waals surface area contributed by atoms with Crippen LogP contribution in [0.5, 0.6) is 0 Å². The summed E-state index contributed by atoms with van der Waals surface area (Å²) in [6.45, 7) is 5.62. The molecule has 2 aromatic heterocycles. The van der Waals surface area contributed by atoms with Crippen molar-refractivity contribution < 1.29 is 14.3 Å². The molecule has 0 radical (unpaired) electrons. The van der Waals surface area contributed by atoms with Crippen LogP contribution in [0.25, 0.3) is 10.2 Å². The molecule has 7 nitrogen and oxygen atoms in total. The first-order chi connectivity index (χ1) is 14.3. The van der Waals surface area contributed by atoms with Crippen LogP contribution in [-0.2, 0) is 33.7 Å². The molecule has 1 aromatic carbocycles. The van der Waals surface area contributed by atoms with Gasteiger partial charge >= 0.3 is 5.97 Å². The van der Waals surface area contributed by atoms with Crippen molar-refractivity contribution in [3.8, 4) is 0 Å². The van der Waals surface area contributed by atoms with Gasteiger partial charge in [-0.3, -0.25) is 19.0 Å². The molecule has 0 spiro atoms. The van der Waals surface area contributed by atoms with Gasteiger partial charge in [-0.15, -0.1) is 11.3 Å². The third-order valence-electron chi connectivity index (χ3n) is 5.67. The maximum absolute atomic E-state index is 13.3. The predicted molar refractivity (Wildman–Crippen MR) is 116 cm³/mol. The molecular weight excluding hydrogens is 402 g/mol. The largest absolute Gasteiger partial charge is 0.469 e. The number of aromatic nitrogens is 2. The van der Waals surface area contributed by atoms with Crippen LogP contribution in [0.1, 0.15) is 28.8 Å². The highest BCUT2D eigenvalue weighted by Crippen LogP contribution is 2.32. The van der Waals surface area contributed by atoms with Gasteiger partial charge in [-0.25, -0.2) is 4.98 Å². The van der Waals surface area contributed by atoms with Gasteiger partial charge in [-0.2, -0.15) is 0 Å². The first-order valence-corrected chi connectivity index (χ1v) is 10.6. The van der Waals surface area contributed by atoms with Gasteiger partial charge in [0.05, 0.1) is 12.5 Å². The van der Waals surface area contributed by atoms with Crippen molar-refractivity contribution >= 4 is 39.1 Å². The summed E-state index contributed by atoms with van der Waals surface area (Å²) in [4.78, 5) is 46.4. The zero-order valence-corrected chi connectivity index (χ0v) is 18.2. The van der Waals surface area contributed by atoms with Gasteiger partial charge in [0.15, 0.2) is 0 Å². The molecule has 156 valence electrons. The number of methoxy groups -OCH3 is 1. The zero-order valence-electron chi connectivity index (χ0n) is 17.4. The molecule has 1 amide bonds.